The molecule has 4 nitrogen and oxygen atoms in total. The third-order valence-corrected chi connectivity index (χ3v) is 5.84. The average molecular weight is 418 g/mol. The molecule has 0 aliphatic carbocycles. The maximum atomic E-state index is 13.6. The van der Waals surface area contributed by atoms with E-state index in [0.717, 1.165) is 42.8 Å². The largest absolute Gasteiger partial charge is 0.347 e. The molecule has 1 aliphatic heterocycles. The number of nitrogens with zero attached hydrogens (tertiary/aromatic N) is 2. The zero-order valence-corrected chi connectivity index (χ0v) is 17.6. The van der Waals surface area contributed by atoms with E-state index in [1.54, 1.807) is 18.3 Å². The molecule has 3 aromatic rings. The first-order valence-electron chi connectivity index (χ1n) is 10.9. The van der Waals surface area contributed by atoms with Gasteiger partial charge < -0.3 is 5.32 Å². The van der Waals surface area contributed by atoms with Gasteiger partial charge in [0.2, 0.25) is 5.91 Å². The molecule has 2 atom stereocenters. The second kappa shape index (κ2) is 10.3. The van der Waals surface area contributed by atoms with Crippen molar-refractivity contribution in [3.8, 4) is 0 Å². The highest BCUT2D eigenvalue weighted by molar-refractivity contribution is 5.79. The molecular weight excluding hydrogens is 389 g/mol. The van der Waals surface area contributed by atoms with Crippen molar-refractivity contribution in [2.45, 2.75) is 31.8 Å². The molecular formula is C26H28FN3O. The average Bonchev–Trinajstić information content (AvgIpc) is 2.79. The molecule has 1 amide bonds. The van der Waals surface area contributed by atoms with Gasteiger partial charge in [0.1, 0.15) is 5.82 Å². The number of hydrogen-bond acceptors (Lipinski definition) is 3. The van der Waals surface area contributed by atoms with Gasteiger partial charge in [-0.15, -0.1) is 0 Å². The second-order valence-corrected chi connectivity index (χ2v) is 8.23. The topological polar surface area (TPSA) is 45.2 Å². The van der Waals surface area contributed by atoms with E-state index in [-0.39, 0.29) is 23.7 Å². The summed E-state index contributed by atoms with van der Waals surface area (Å²) in [6, 6.07) is 22.3. The standard InChI is InChI=1S/C26H28FN3O/c27-23-12-6-10-21(16-23)18-30-15-7-11-22(19-30)26(24-13-4-5-14-28-24)29-25(31)17-20-8-2-1-3-9-20/h1-6,8-10,12-14,16,22,26H,7,11,15,17-19H2,(H,29,31)/t22-,26+/m0/s1. The van der Waals surface area contributed by atoms with E-state index in [0.29, 0.717) is 13.0 Å². The zero-order valence-electron chi connectivity index (χ0n) is 17.6. The number of amides is 1. The van der Waals surface area contributed by atoms with Crippen LogP contribution in [0, 0.1) is 11.7 Å². The van der Waals surface area contributed by atoms with Gasteiger partial charge >= 0.3 is 0 Å². The molecule has 0 radical (unpaired) electrons. The highest BCUT2D eigenvalue weighted by atomic mass is 19.1. The maximum Gasteiger partial charge on any atom is 0.224 e. The Bertz CT molecular complexity index is 980. The normalized spacial score (nSPS) is 17.8. The van der Waals surface area contributed by atoms with Crippen LogP contribution in [0.2, 0.25) is 0 Å². The van der Waals surface area contributed by atoms with Gasteiger partial charge in [0.25, 0.3) is 0 Å². The first kappa shape index (κ1) is 21.2. The molecule has 4 rings (SSSR count). The van der Waals surface area contributed by atoms with Crippen LogP contribution in [-0.2, 0) is 17.8 Å². The van der Waals surface area contributed by atoms with Crippen LogP contribution in [0.25, 0.3) is 0 Å². The van der Waals surface area contributed by atoms with Gasteiger partial charge in [0.15, 0.2) is 0 Å². The summed E-state index contributed by atoms with van der Waals surface area (Å²) in [6.45, 7) is 2.52. The van der Waals surface area contributed by atoms with Crippen LogP contribution in [0.3, 0.4) is 0 Å². The van der Waals surface area contributed by atoms with E-state index in [1.165, 1.54) is 6.07 Å². The first-order valence-corrected chi connectivity index (χ1v) is 10.9. The first-order chi connectivity index (χ1) is 15.2. The Hall–Kier alpha value is -3.05. The van der Waals surface area contributed by atoms with Crippen LogP contribution in [-0.4, -0.2) is 28.9 Å². The Kier molecular flexibility index (Phi) is 7.05. The number of nitrogens with one attached hydrogen (secondary N) is 1. The number of hydrogen-bond donors (Lipinski definition) is 1. The number of rotatable bonds is 7. The van der Waals surface area contributed by atoms with E-state index in [4.69, 9.17) is 0 Å². The number of aromatic nitrogens is 1. The monoisotopic (exact) mass is 417 g/mol. The molecule has 2 heterocycles. The number of pyridine rings is 1. The third kappa shape index (κ3) is 5.98. The van der Waals surface area contributed by atoms with E-state index in [1.807, 2.05) is 54.6 Å². The van der Waals surface area contributed by atoms with Crippen molar-refractivity contribution in [2.24, 2.45) is 5.92 Å². The predicted octanol–water partition coefficient (Wildman–Crippen LogP) is 4.53. The zero-order chi connectivity index (χ0) is 21.5. The summed E-state index contributed by atoms with van der Waals surface area (Å²) in [7, 11) is 0. The van der Waals surface area contributed by atoms with Crippen molar-refractivity contribution in [2.75, 3.05) is 13.1 Å². The minimum atomic E-state index is -0.203. The van der Waals surface area contributed by atoms with E-state index in [9.17, 15) is 9.18 Å². The third-order valence-electron chi connectivity index (χ3n) is 5.84. The highest BCUT2D eigenvalue weighted by Gasteiger charge is 2.30. The molecule has 0 spiro atoms. The van der Waals surface area contributed by atoms with Crippen molar-refractivity contribution in [3.63, 3.8) is 0 Å². The fraction of sp³-hybridized carbons (Fsp3) is 0.308. The number of benzene rings is 2. The van der Waals surface area contributed by atoms with Gasteiger partial charge in [0.05, 0.1) is 18.2 Å². The highest BCUT2D eigenvalue weighted by Crippen LogP contribution is 2.30. The Morgan fingerprint density at radius 3 is 2.65 bits per heavy atom. The lowest BCUT2D eigenvalue weighted by molar-refractivity contribution is -0.121. The number of carbonyl (C=O) groups excluding carboxylic acids is 1. The van der Waals surface area contributed by atoms with Crippen LogP contribution < -0.4 is 5.32 Å². The molecule has 1 aromatic heterocycles. The van der Waals surface area contributed by atoms with Crippen LogP contribution in [0.5, 0.6) is 0 Å². The minimum Gasteiger partial charge on any atom is -0.347 e. The lowest BCUT2D eigenvalue weighted by Crippen LogP contribution is -2.43. The Morgan fingerprint density at radius 2 is 1.87 bits per heavy atom. The maximum absolute atomic E-state index is 13.6. The van der Waals surface area contributed by atoms with Crippen molar-refractivity contribution >= 4 is 5.91 Å². The van der Waals surface area contributed by atoms with Crippen molar-refractivity contribution < 1.29 is 9.18 Å². The van der Waals surface area contributed by atoms with Gasteiger partial charge in [-0.2, -0.15) is 0 Å². The SMILES string of the molecule is O=C(Cc1ccccc1)N[C@@H](c1ccccn1)[C@H]1CCCN(Cc2cccc(F)c2)C1. The summed E-state index contributed by atoms with van der Waals surface area (Å²) in [4.78, 5) is 19.8. The molecule has 5 heteroatoms. The van der Waals surface area contributed by atoms with Gasteiger partial charge in [-0.25, -0.2) is 4.39 Å². The second-order valence-electron chi connectivity index (χ2n) is 8.23. The Morgan fingerprint density at radius 1 is 1.06 bits per heavy atom. The molecule has 1 fully saturated rings. The summed E-state index contributed by atoms with van der Waals surface area (Å²) < 4.78 is 13.6. The Balaban J connectivity index is 1.47. The molecule has 1 aliphatic rings. The van der Waals surface area contributed by atoms with E-state index < -0.39 is 0 Å². The summed E-state index contributed by atoms with van der Waals surface area (Å²) in [5.41, 5.74) is 2.86. The Labute approximate surface area is 183 Å². The van der Waals surface area contributed by atoms with Crippen LogP contribution in [0.1, 0.15) is 35.7 Å². The number of piperidine rings is 1. The van der Waals surface area contributed by atoms with Gasteiger partial charge in [-0.3, -0.25) is 14.7 Å². The fourth-order valence-corrected chi connectivity index (χ4v) is 4.40. The van der Waals surface area contributed by atoms with E-state index in [2.05, 4.69) is 15.2 Å². The molecule has 1 saturated heterocycles. The molecule has 2 aromatic carbocycles. The van der Waals surface area contributed by atoms with Crippen molar-refractivity contribution in [1.82, 2.24) is 15.2 Å². The molecule has 0 saturated carbocycles. The van der Waals surface area contributed by atoms with Gasteiger partial charge in [-0.1, -0.05) is 48.5 Å². The van der Waals surface area contributed by atoms with Crippen LogP contribution in [0.15, 0.2) is 79.0 Å². The van der Waals surface area contributed by atoms with Gasteiger partial charge in [-0.05, 0) is 60.7 Å². The fourth-order valence-electron chi connectivity index (χ4n) is 4.40. The summed E-state index contributed by atoms with van der Waals surface area (Å²) in [5, 5.41) is 3.26. The number of carbonyl (C=O) groups is 1. The quantitative estimate of drug-likeness (QED) is 0.614. The summed E-state index contributed by atoms with van der Waals surface area (Å²) in [6.07, 6.45) is 4.19. The predicted molar refractivity (Wildman–Crippen MR) is 120 cm³/mol. The lowest BCUT2D eigenvalue weighted by atomic mass is 9.88. The molecule has 0 unspecified atom stereocenters. The number of halogens is 1. The lowest BCUT2D eigenvalue weighted by Gasteiger charge is -2.37. The van der Waals surface area contributed by atoms with E-state index >= 15 is 0 Å². The van der Waals surface area contributed by atoms with Crippen LogP contribution >= 0.6 is 0 Å². The van der Waals surface area contributed by atoms with Crippen molar-refractivity contribution in [3.05, 3.63) is 102 Å². The molecule has 1 N–H and O–H groups in total. The number of likely N-dealkylation sites (tertiary alicyclic amines) is 1. The van der Waals surface area contributed by atoms with Crippen molar-refractivity contribution in [1.29, 1.82) is 0 Å². The molecule has 31 heavy (non-hydrogen) atoms. The summed E-state index contributed by atoms with van der Waals surface area (Å²) in [5.74, 6) is 0.0478. The molecule has 0 bridgehead atoms. The summed E-state index contributed by atoms with van der Waals surface area (Å²) >= 11 is 0. The van der Waals surface area contributed by atoms with Gasteiger partial charge in [0, 0.05) is 19.3 Å². The van der Waals surface area contributed by atoms with Crippen LogP contribution in [0.4, 0.5) is 4.39 Å². The smallest absolute Gasteiger partial charge is 0.224 e. The minimum absolute atomic E-state index is 0.00380. The molecule has 160 valence electrons.